The van der Waals surface area contributed by atoms with Gasteiger partial charge in [-0.05, 0) is 62.4 Å². The van der Waals surface area contributed by atoms with Gasteiger partial charge in [-0.3, -0.25) is 9.36 Å². The maximum absolute atomic E-state index is 13.4. The molecule has 3 aromatic rings. The summed E-state index contributed by atoms with van der Waals surface area (Å²) in [4.78, 5) is 42.3. The zero-order chi connectivity index (χ0) is 25.7. The second-order valence-corrected chi connectivity index (χ2v) is 9.28. The van der Waals surface area contributed by atoms with Gasteiger partial charge in [0.15, 0.2) is 0 Å². The number of nitrogens with one attached hydrogen (secondary N) is 1. The number of carbonyl (C=O) groups excluding carboxylic acids is 1. The van der Waals surface area contributed by atoms with E-state index in [4.69, 9.17) is 9.47 Å². The minimum Gasteiger partial charge on any atom is -0.490 e. The van der Waals surface area contributed by atoms with E-state index in [9.17, 15) is 14.4 Å². The van der Waals surface area contributed by atoms with Crippen molar-refractivity contribution in [1.29, 1.82) is 0 Å². The number of rotatable bonds is 9. The lowest BCUT2D eigenvalue weighted by Crippen LogP contribution is -2.44. The number of methoxy groups -OCH3 is 1. The molecule has 1 aliphatic carbocycles. The number of nitrogens with zero attached hydrogens (tertiary/aromatic N) is 3. The maximum Gasteiger partial charge on any atom is 0.354 e. The minimum absolute atomic E-state index is 0.122. The van der Waals surface area contributed by atoms with Crippen LogP contribution in [0, 0.1) is 12.8 Å². The van der Waals surface area contributed by atoms with Crippen molar-refractivity contribution in [1.82, 2.24) is 14.1 Å². The number of anilines is 2. The molecule has 4 rings (SSSR count). The van der Waals surface area contributed by atoms with Crippen LogP contribution < -0.4 is 21.4 Å². The molecular formula is C27H32N4O5. The fraction of sp³-hybridized carbons (Fsp3) is 0.407. The second-order valence-electron chi connectivity index (χ2n) is 9.28. The van der Waals surface area contributed by atoms with Crippen molar-refractivity contribution >= 4 is 17.6 Å². The highest BCUT2D eigenvalue weighted by Gasteiger charge is 2.20. The van der Waals surface area contributed by atoms with Gasteiger partial charge in [0.05, 0.1) is 25.7 Å². The molecule has 1 aliphatic rings. The quantitative estimate of drug-likeness (QED) is 0.455. The third kappa shape index (κ3) is 6.02. The van der Waals surface area contributed by atoms with Crippen LogP contribution in [0.25, 0.3) is 0 Å². The molecule has 1 fully saturated rings. The molecule has 0 bridgehead atoms. The Morgan fingerprint density at radius 2 is 1.72 bits per heavy atom. The van der Waals surface area contributed by atoms with Crippen LogP contribution in [0.4, 0.5) is 11.6 Å². The Labute approximate surface area is 209 Å². The fourth-order valence-electron chi connectivity index (χ4n) is 4.29. The Kier molecular flexibility index (Phi) is 7.87. The highest BCUT2D eigenvalue weighted by Crippen LogP contribution is 2.25. The van der Waals surface area contributed by atoms with E-state index in [1.807, 2.05) is 55.5 Å². The van der Waals surface area contributed by atoms with Crippen molar-refractivity contribution < 1.29 is 14.3 Å². The summed E-state index contributed by atoms with van der Waals surface area (Å²) >= 11 is 0. The van der Waals surface area contributed by atoms with Crippen molar-refractivity contribution in [3.05, 3.63) is 80.6 Å². The highest BCUT2D eigenvalue weighted by atomic mass is 16.5. The molecule has 1 N–H and O–H groups in total. The summed E-state index contributed by atoms with van der Waals surface area (Å²) in [6, 6.07) is 15.2. The first-order valence-electron chi connectivity index (χ1n) is 12.2. The first-order chi connectivity index (χ1) is 17.3. The molecule has 1 saturated carbocycles. The van der Waals surface area contributed by atoms with E-state index in [0.717, 1.165) is 34.3 Å². The summed E-state index contributed by atoms with van der Waals surface area (Å²) in [7, 11) is 1.27. The number of aryl methyl sites for hydroxylation is 1. The molecule has 9 nitrogen and oxygen atoms in total. The molecule has 36 heavy (non-hydrogen) atoms. The number of hydrogen-bond acceptors (Lipinski definition) is 7. The second kappa shape index (κ2) is 11.2. The molecule has 1 aromatic heterocycles. The van der Waals surface area contributed by atoms with Gasteiger partial charge in [-0.2, -0.15) is 4.98 Å². The molecule has 9 heteroatoms. The number of hydrogen-bond donors (Lipinski definition) is 1. The van der Waals surface area contributed by atoms with Crippen molar-refractivity contribution in [2.24, 2.45) is 5.92 Å². The summed E-state index contributed by atoms with van der Waals surface area (Å²) in [6.45, 7) is 3.66. The summed E-state index contributed by atoms with van der Waals surface area (Å²) in [5.74, 6) is -0.281. The van der Waals surface area contributed by atoms with Crippen molar-refractivity contribution in [2.45, 2.75) is 58.7 Å². The normalized spacial score (nSPS) is 14.4. The number of ether oxygens (including phenoxy) is 2. The number of benzene rings is 2. The van der Waals surface area contributed by atoms with Crippen molar-refractivity contribution in [2.75, 3.05) is 12.4 Å². The third-order valence-electron chi connectivity index (χ3n) is 6.39. The Balaban J connectivity index is 1.64. The Morgan fingerprint density at radius 3 is 2.36 bits per heavy atom. The molecule has 0 saturated heterocycles. The monoisotopic (exact) mass is 492 g/mol. The van der Waals surface area contributed by atoms with Crippen molar-refractivity contribution in [3.8, 4) is 5.75 Å². The molecule has 0 spiro atoms. The molecule has 1 heterocycles. The topological polar surface area (TPSA) is 104 Å². The first kappa shape index (κ1) is 25.2. The van der Waals surface area contributed by atoms with E-state index in [2.05, 4.69) is 10.3 Å². The molecule has 190 valence electrons. The maximum atomic E-state index is 13.4. The van der Waals surface area contributed by atoms with Crippen LogP contribution in [0.15, 0.2) is 58.1 Å². The summed E-state index contributed by atoms with van der Waals surface area (Å²) < 4.78 is 13.1. The van der Waals surface area contributed by atoms with E-state index >= 15 is 0 Å². The molecular weight excluding hydrogens is 460 g/mol. The van der Waals surface area contributed by atoms with Gasteiger partial charge in [0.25, 0.3) is 0 Å². The van der Waals surface area contributed by atoms with Gasteiger partial charge < -0.3 is 14.8 Å². The average molecular weight is 493 g/mol. The van der Waals surface area contributed by atoms with E-state index < -0.39 is 23.3 Å². The van der Waals surface area contributed by atoms with Gasteiger partial charge >= 0.3 is 17.3 Å². The fourth-order valence-corrected chi connectivity index (χ4v) is 4.29. The molecule has 2 aromatic carbocycles. The van der Waals surface area contributed by atoms with Crippen LogP contribution in [0.2, 0.25) is 0 Å². The Hall–Kier alpha value is -3.88. The van der Waals surface area contributed by atoms with Crippen molar-refractivity contribution in [3.63, 3.8) is 0 Å². The lowest BCUT2D eigenvalue weighted by atomic mass is 10.1. The molecule has 0 radical (unpaired) electrons. The van der Waals surface area contributed by atoms with Crippen LogP contribution in [0.3, 0.4) is 0 Å². The number of aromatic nitrogens is 3. The molecule has 0 unspecified atom stereocenters. The summed E-state index contributed by atoms with van der Waals surface area (Å²) in [6.07, 6.45) is 4.78. The van der Waals surface area contributed by atoms with E-state index in [-0.39, 0.29) is 25.1 Å². The van der Waals surface area contributed by atoms with Crippen LogP contribution in [0.1, 0.15) is 43.7 Å². The standard InChI is InChI=1S/C27H32N4O5/c1-18-8-10-20(11-9-18)17-30-25(29-26(33)31(27(30)34)16-19(2)24(32)35-3)28-21-12-14-23(15-13-21)36-22-6-4-5-7-22/h8-15,19,22H,4-7,16-17H2,1-3H3,(H,28,29,33)/t19-/m0/s1. The number of esters is 1. The molecule has 1 atom stereocenters. The van der Waals surface area contributed by atoms with Gasteiger partial charge in [-0.15, -0.1) is 0 Å². The lowest BCUT2D eigenvalue weighted by molar-refractivity contribution is -0.145. The Bertz CT molecular complexity index is 1310. The highest BCUT2D eigenvalue weighted by molar-refractivity contribution is 5.71. The van der Waals surface area contributed by atoms with Crippen LogP contribution in [-0.4, -0.2) is 33.3 Å². The molecule has 0 amide bonds. The lowest BCUT2D eigenvalue weighted by Gasteiger charge is -2.17. The van der Waals surface area contributed by atoms with Crippen LogP contribution >= 0.6 is 0 Å². The predicted octanol–water partition coefficient (Wildman–Crippen LogP) is 3.64. The predicted molar refractivity (Wildman–Crippen MR) is 137 cm³/mol. The average Bonchev–Trinajstić information content (AvgIpc) is 3.39. The SMILES string of the molecule is COC(=O)[C@@H](C)Cn1c(=O)nc(Nc2ccc(OC3CCCC3)cc2)n(Cc2ccc(C)cc2)c1=O. The summed E-state index contributed by atoms with van der Waals surface area (Å²) in [5.41, 5.74) is 1.34. The first-order valence-corrected chi connectivity index (χ1v) is 12.2. The largest absolute Gasteiger partial charge is 0.490 e. The molecule has 0 aliphatic heterocycles. The minimum atomic E-state index is -0.736. The third-order valence-corrected chi connectivity index (χ3v) is 6.39. The smallest absolute Gasteiger partial charge is 0.354 e. The summed E-state index contributed by atoms with van der Waals surface area (Å²) in [5, 5.41) is 3.11. The van der Waals surface area contributed by atoms with E-state index in [1.54, 1.807) is 6.92 Å². The van der Waals surface area contributed by atoms with Gasteiger partial charge in [-0.1, -0.05) is 36.8 Å². The van der Waals surface area contributed by atoms with Gasteiger partial charge in [0.1, 0.15) is 5.75 Å². The van der Waals surface area contributed by atoms with Gasteiger partial charge in [-0.25, -0.2) is 14.2 Å². The van der Waals surface area contributed by atoms with Gasteiger partial charge in [0.2, 0.25) is 5.95 Å². The van der Waals surface area contributed by atoms with E-state index in [0.29, 0.717) is 5.69 Å². The zero-order valence-corrected chi connectivity index (χ0v) is 20.9. The van der Waals surface area contributed by atoms with Crippen LogP contribution in [0.5, 0.6) is 5.75 Å². The van der Waals surface area contributed by atoms with Gasteiger partial charge in [0, 0.05) is 12.2 Å². The Morgan fingerprint density at radius 1 is 1.06 bits per heavy atom. The zero-order valence-electron chi connectivity index (χ0n) is 20.9. The number of carbonyl (C=O) groups is 1. The van der Waals surface area contributed by atoms with E-state index in [1.165, 1.54) is 24.5 Å². The van der Waals surface area contributed by atoms with Crippen LogP contribution in [-0.2, 0) is 22.6 Å².